The second kappa shape index (κ2) is 10.1. The molecule has 4 N–H and O–H groups in total. The Morgan fingerprint density at radius 1 is 1.00 bits per heavy atom. The van der Waals surface area contributed by atoms with Gasteiger partial charge in [0.1, 0.15) is 0 Å². The summed E-state index contributed by atoms with van der Waals surface area (Å²) in [6, 6.07) is 13.0. The number of urea groups is 1. The molecule has 0 aliphatic rings. The van der Waals surface area contributed by atoms with E-state index in [2.05, 4.69) is 10.6 Å². The molecule has 0 radical (unpaired) electrons. The van der Waals surface area contributed by atoms with Gasteiger partial charge in [0.15, 0.2) is 6.61 Å². The van der Waals surface area contributed by atoms with Crippen molar-refractivity contribution in [1.82, 2.24) is 10.6 Å². The zero-order valence-corrected chi connectivity index (χ0v) is 15.4. The van der Waals surface area contributed by atoms with Crippen LogP contribution in [-0.4, -0.2) is 30.4 Å². The number of primary amides is 1. The summed E-state index contributed by atoms with van der Waals surface area (Å²) < 4.78 is 4.88. The molecule has 0 saturated carbocycles. The molecule has 2 aromatic carbocycles. The summed E-state index contributed by atoms with van der Waals surface area (Å²) in [5.74, 6) is -2.12. The highest BCUT2D eigenvalue weighted by Gasteiger charge is 2.20. The molecule has 2 aromatic rings. The van der Waals surface area contributed by atoms with Crippen molar-refractivity contribution in [2.24, 2.45) is 5.73 Å². The molecule has 2 rings (SSSR count). The highest BCUT2D eigenvalue weighted by molar-refractivity contribution is 6.30. The maximum atomic E-state index is 12.0. The smallest absolute Gasteiger partial charge is 0.312 e. The van der Waals surface area contributed by atoms with Crippen LogP contribution in [0.25, 0.3) is 0 Å². The van der Waals surface area contributed by atoms with Gasteiger partial charge >= 0.3 is 12.0 Å². The predicted octanol–water partition coefficient (Wildman–Crippen LogP) is 1.94. The number of amides is 4. The first kappa shape index (κ1) is 20.9. The van der Waals surface area contributed by atoms with Crippen molar-refractivity contribution in [1.29, 1.82) is 0 Å². The van der Waals surface area contributed by atoms with E-state index in [0.717, 1.165) is 0 Å². The molecule has 0 heterocycles. The molecule has 28 heavy (non-hydrogen) atoms. The number of imide groups is 1. The number of ether oxygens (including phenoxy) is 1. The van der Waals surface area contributed by atoms with Crippen LogP contribution >= 0.6 is 11.6 Å². The van der Waals surface area contributed by atoms with Gasteiger partial charge in [0.2, 0.25) is 0 Å². The predicted molar refractivity (Wildman–Crippen MR) is 101 cm³/mol. The molecule has 0 aromatic heterocycles. The van der Waals surface area contributed by atoms with Gasteiger partial charge in [-0.15, -0.1) is 0 Å². The van der Waals surface area contributed by atoms with Crippen LogP contribution in [0.1, 0.15) is 28.4 Å². The summed E-state index contributed by atoms with van der Waals surface area (Å²) in [6.45, 7) is -0.638. The molecule has 0 aliphatic heterocycles. The van der Waals surface area contributed by atoms with Crippen LogP contribution in [0.4, 0.5) is 4.79 Å². The molecule has 4 amide bonds. The Balaban J connectivity index is 1.88. The van der Waals surface area contributed by atoms with Crippen LogP contribution in [0, 0.1) is 0 Å². The second-order valence-corrected chi connectivity index (χ2v) is 6.16. The number of benzene rings is 2. The normalized spacial score (nSPS) is 11.2. The summed E-state index contributed by atoms with van der Waals surface area (Å²) >= 11 is 5.82. The summed E-state index contributed by atoms with van der Waals surface area (Å²) in [6.07, 6.45) is -0.259. The van der Waals surface area contributed by atoms with Crippen molar-refractivity contribution in [2.75, 3.05) is 6.61 Å². The Morgan fingerprint density at radius 3 is 2.25 bits per heavy atom. The van der Waals surface area contributed by atoms with Gasteiger partial charge in [-0.1, -0.05) is 41.9 Å². The van der Waals surface area contributed by atoms with Crippen LogP contribution in [0.3, 0.4) is 0 Å². The van der Waals surface area contributed by atoms with Gasteiger partial charge in [0.05, 0.1) is 12.5 Å². The topological polar surface area (TPSA) is 128 Å². The zero-order chi connectivity index (χ0) is 20.5. The molecule has 0 bridgehead atoms. The minimum absolute atomic E-state index is 0.259. The maximum Gasteiger partial charge on any atom is 0.312 e. The summed E-state index contributed by atoms with van der Waals surface area (Å²) in [5.41, 5.74) is 6.03. The third-order valence-corrected chi connectivity index (χ3v) is 3.86. The maximum absolute atomic E-state index is 12.0. The fraction of sp³-hybridized carbons (Fsp3) is 0.158. The van der Waals surface area contributed by atoms with Gasteiger partial charge in [-0.2, -0.15) is 0 Å². The third-order valence-electron chi connectivity index (χ3n) is 3.61. The lowest BCUT2D eigenvalue weighted by Crippen LogP contribution is -2.36. The number of hydrogen-bond acceptors (Lipinski definition) is 5. The standard InChI is InChI=1S/C19H18ClN3O5/c20-14-8-6-12(7-9-14)15(22-19(21)27)10-17(25)28-11-16(24)23-18(26)13-4-2-1-3-5-13/h1-9,15H,10-11H2,(H3,21,22,27)(H,23,24,26)/t15-/m1/s1. The Hall–Kier alpha value is -3.39. The van der Waals surface area contributed by atoms with Gasteiger partial charge in [-0.05, 0) is 29.8 Å². The number of halogens is 1. The van der Waals surface area contributed by atoms with Crippen molar-refractivity contribution in [2.45, 2.75) is 12.5 Å². The quantitative estimate of drug-likeness (QED) is 0.608. The molecule has 0 saturated heterocycles. The number of hydrogen-bond donors (Lipinski definition) is 3. The molecule has 0 fully saturated rings. The second-order valence-electron chi connectivity index (χ2n) is 5.72. The van der Waals surface area contributed by atoms with Crippen molar-refractivity contribution < 1.29 is 23.9 Å². The third kappa shape index (κ3) is 6.73. The lowest BCUT2D eigenvalue weighted by Gasteiger charge is -2.17. The fourth-order valence-electron chi connectivity index (χ4n) is 2.32. The van der Waals surface area contributed by atoms with E-state index in [-0.39, 0.29) is 6.42 Å². The van der Waals surface area contributed by atoms with E-state index in [1.54, 1.807) is 54.6 Å². The van der Waals surface area contributed by atoms with Crippen LogP contribution in [0.2, 0.25) is 5.02 Å². The van der Waals surface area contributed by atoms with Crippen LogP contribution in [-0.2, 0) is 14.3 Å². The van der Waals surface area contributed by atoms with Crippen LogP contribution in [0.5, 0.6) is 0 Å². The van der Waals surface area contributed by atoms with Gasteiger partial charge in [-0.25, -0.2) is 4.79 Å². The average molecular weight is 404 g/mol. The first-order chi connectivity index (χ1) is 13.3. The molecule has 0 aliphatic carbocycles. The summed E-state index contributed by atoms with van der Waals surface area (Å²) in [7, 11) is 0. The SMILES string of the molecule is NC(=O)N[C@H](CC(=O)OCC(=O)NC(=O)c1ccccc1)c1ccc(Cl)cc1. The van der Waals surface area contributed by atoms with Crippen molar-refractivity contribution in [3.8, 4) is 0 Å². The lowest BCUT2D eigenvalue weighted by molar-refractivity contribution is -0.148. The number of carbonyl (C=O) groups excluding carboxylic acids is 4. The van der Waals surface area contributed by atoms with Gasteiger partial charge in [-0.3, -0.25) is 19.7 Å². The van der Waals surface area contributed by atoms with Crippen LogP contribution in [0.15, 0.2) is 54.6 Å². The average Bonchev–Trinajstić information content (AvgIpc) is 2.67. The molecule has 1 atom stereocenters. The van der Waals surface area contributed by atoms with Gasteiger partial charge in [0.25, 0.3) is 11.8 Å². The van der Waals surface area contributed by atoms with Crippen LogP contribution < -0.4 is 16.4 Å². The number of nitrogens with two attached hydrogens (primary N) is 1. The molecule has 0 spiro atoms. The van der Waals surface area contributed by atoms with E-state index >= 15 is 0 Å². The largest absolute Gasteiger partial charge is 0.455 e. The number of nitrogens with one attached hydrogen (secondary N) is 2. The van der Waals surface area contributed by atoms with Gasteiger partial charge in [0, 0.05) is 10.6 Å². The lowest BCUT2D eigenvalue weighted by atomic mass is 10.0. The molecule has 146 valence electrons. The Labute approximate surface area is 166 Å². The van der Waals surface area contributed by atoms with E-state index in [1.807, 2.05) is 0 Å². The summed E-state index contributed by atoms with van der Waals surface area (Å²) in [4.78, 5) is 46.9. The molecule has 8 nitrogen and oxygen atoms in total. The Kier molecular flexibility index (Phi) is 7.53. The van der Waals surface area contributed by atoms with Crippen molar-refractivity contribution in [3.05, 3.63) is 70.7 Å². The number of esters is 1. The molecular formula is C19H18ClN3O5. The van der Waals surface area contributed by atoms with E-state index in [9.17, 15) is 19.2 Å². The minimum atomic E-state index is -0.820. The minimum Gasteiger partial charge on any atom is -0.455 e. The molecule has 9 heteroatoms. The Bertz CT molecular complexity index is 856. The van der Waals surface area contributed by atoms with E-state index in [1.165, 1.54) is 0 Å². The zero-order valence-electron chi connectivity index (χ0n) is 14.7. The molecular weight excluding hydrogens is 386 g/mol. The first-order valence-electron chi connectivity index (χ1n) is 8.21. The Morgan fingerprint density at radius 2 is 1.64 bits per heavy atom. The van der Waals surface area contributed by atoms with E-state index in [0.29, 0.717) is 16.1 Å². The van der Waals surface area contributed by atoms with Gasteiger partial charge < -0.3 is 15.8 Å². The van der Waals surface area contributed by atoms with E-state index in [4.69, 9.17) is 22.1 Å². The van der Waals surface area contributed by atoms with Crippen molar-refractivity contribution >= 4 is 35.4 Å². The highest BCUT2D eigenvalue weighted by Crippen LogP contribution is 2.20. The summed E-state index contributed by atoms with van der Waals surface area (Å²) in [5, 5.41) is 5.03. The first-order valence-corrected chi connectivity index (χ1v) is 8.59. The monoisotopic (exact) mass is 403 g/mol. The number of carbonyl (C=O) groups is 4. The highest BCUT2D eigenvalue weighted by atomic mass is 35.5. The fourth-order valence-corrected chi connectivity index (χ4v) is 2.44. The molecule has 0 unspecified atom stereocenters. The van der Waals surface area contributed by atoms with E-state index < -0.39 is 36.5 Å². The number of rotatable bonds is 7. The van der Waals surface area contributed by atoms with Crippen molar-refractivity contribution in [3.63, 3.8) is 0 Å².